The average molecular weight is 447 g/mol. The molecule has 0 saturated carbocycles. The Balaban J connectivity index is 1.68. The van der Waals surface area contributed by atoms with Crippen LogP contribution in [0.4, 0.5) is 4.39 Å². The van der Waals surface area contributed by atoms with E-state index < -0.39 is 0 Å². The maximum atomic E-state index is 13.4. The Kier molecular flexibility index (Phi) is 6.84. The number of aromatic nitrogens is 1. The molecule has 0 spiro atoms. The summed E-state index contributed by atoms with van der Waals surface area (Å²) in [6, 6.07) is 19.9. The van der Waals surface area contributed by atoms with Crippen LogP contribution in [-0.2, 0) is 4.79 Å². The number of nitriles is 1. The van der Waals surface area contributed by atoms with Crippen molar-refractivity contribution < 1.29 is 9.18 Å². The second kappa shape index (κ2) is 9.94. The van der Waals surface area contributed by atoms with Gasteiger partial charge < -0.3 is 9.80 Å². The molecule has 3 aromatic rings. The van der Waals surface area contributed by atoms with Gasteiger partial charge in [0.05, 0.1) is 17.0 Å². The van der Waals surface area contributed by atoms with E-state index in [9.17, 15) is 14.4 Å². The van der Waals surface area contributed by atoms with Crippen molar-refractivity contribution in [3.8, 4) is 28.5 Å². The predicted molar refractivity (Wildman–Crippen MR) is 125 cm³/mol. The molecule has 7 heteroatoms. The Morgan fingerprint density at radius 3 is 2.41 bits per heavy atom. The lowest BCUT2D eigenvalue weighted by Gasteiger charge is -2.32. The van der Waals surface area contributed by atoms with Gasteiger partial charge in [0.2, 0.25) is 5.91 Å². The Labute approximate surface area is 191 Å². The van der Waals surface area contributed by atoms with Gasteiger partial charge in [0.25, 0.3) is 0 Å². The molecule has 1 aromatic heterocycles. The second-order valence-corrected chi connectivity index (χ2v) is 8.66. The van der Waals surface area contributed by atoms with Crippen molar-refractivity contribution in [3.05, 3.63) is 72.0 Å². The summed E-state index contributed by atoms with van der Waals surface area (Å²) in [6.45, 7) is 3.13. The average Bonchev–Trinajstić information content (AvgIpc) is 2.83. The van der Waals surface area contributed by atoms with Crippen LogP contribution in [0.1, 0.15) is 5.56 Å². The molecule has 5 nitrogen and oxygen atoms in total. The van der Waals surface area contributed by atoms with Gasteiger partial charge >= 0.3 is 0 Å². The van der Waals surface area contributed by atoms with Crippen molar-refractivity contribution in [2.24, 2.45) is 0 Å². The molecule has 0 aliphatic carbocycles. The minimum Gasteiger partial charge on any atom is -0.339 e. The van der Waals surface area contributed by atoms with Gasteiger partial charge in [0.15, 0.2) is 0 Å². The largest absolute Gasteiger partial charge is 0.339 e. The van der Waals surface area contributed by atoms with Crippen LogP contribution in [0.3, 0.4) is 0 Å². The van der Waals surface area contributed by atoms with Gasteiger partial charge in [-0.2, -0.15) is 5.26 Å². The van der Waals surface area contributed by atoms with E-state index in [0.717, 1.165) is 29.8 Å². The van der Waals surface area contributed by atoms with E-state index >= 15 is 0 Å². The summed E-state index contributed by atoms with van der Waals surface area (Å²) in [5.41, 5.74) is 3.47. The minimum atomic E-state index is -0.321. The molecule has 2 heterocycles. The lowest BCUT2D eigenvalue weighted by atomic mass is 9.99. The summed E-state index contributed by atoms with van der Waals surface area (Å²) in [4.78, 5) is 21.5. The van der Waals surface area contributed by atoms with Crippen LogP contribution in [0.2, 0.25) is 0 Å². The molecule has 1 fully saturated rings. The maximum Gasteiger partial charge on any atom is 0.233 e. The first-order valence-corrected chi connectivity index (χ1v) is 11.4. The van der Waals surface area contributed by atoms with Crippen molar-refractivity contribution in [2.45, 2.75) is 5.03 Å². The number of hydrogen-bond acceptors (Lipinski definition) is 5. The molecule has 0 radical (unpaired) electrons. The lowest BCUT2D eigenvalue weighted by molar-refractivity contribution is -0.129. The van der Waals surface area contributed by atoms with Gasteiger partial charge in [0.1, 0.15) is 16.9 Å². The summed E-state index contributed by atoms with van der Waals surface area (Å²) in [5, 5.41) is 10.5. The molecule has 1 aliphatic heterocycles. The number of nitrogens with zero attached hydrogens (tertiary/aromatic N) is 4. The smallest absolute Gasteiger partial charge is 0.233 e. The molecule has 2 aromatic carbocycles. The third kappa shape index (κ3) is 4.98. The highest BCUT2D eigenvalue weighted by molar-refractivity contribution is 8.00. The van der Waals surface area contributed by atoms with Crippen LogP contribution in [0, 0.1) is 17.1 Å². The van der Waals surface area contributed by atoms with Crippen LogP contribution in [-0.4, -0.2) is 59.7 Å². The standard InChI is InChI=1S/C25H23FN4OS/c1-29-11-13-30(14-12-29)24(31)17-32-25-22(16-27)21(18-5-3-2-4-6-18)15-23(28-25)19-7-9-20(26)10-8-19/h2-10,15H,11-14,17H2,1H3. The summed E-state index contributed by atoms with van der Waals surface area (Å²) in [5.74, 6) is -0.0627. The van der Waals surface area contributed by atoms with Gasteiger partial charge in [-0.05, 0) is 42.9 Å². The van der Waals surface area contributed by atoms with Gasteiger partial charge in [-0.25, -0.2) is 9.37 Å². The van der Waals surface area contributed by atoms with Crippen LogP contribution >= 0.6 is 11.8 Å². The van der Waals surface area contributed by atoms with Gasteiger partial charge in [-0.1, -0.05) is 42.1 Å². The Morgan fingerprint density at radius 1 is 1.06 bits per heavy atom. The number of likely N-dealkylation sites (N-methyl/N-ethyl adjacent to an activating group) is 1. The van der Waals surface area contributed by atoms with Crippen molar-refractivity contribution in [1.82, 2.24) is 14.8 Å². The molecule has 1 saturated heterocycles. The van der Waals surface area contributed by atoms with E-state index in [1.54, 1.807) is 12.1 Å². The van der Waals surface area contributed by atoms with Gasteiger partial charge in [-0.15, -0.1) is 0 Å². The van der Waals surface area contributed by atoms with E-state index in [1.165, 1.54) is 23.9 Å². The number of amides is 1. The number of carbonyl (C=O) groups is 1. The first kappa shape index (κ1) is 22.0. The van der Waals surface area contributed by atoms with Crippen molar-refractivity contribution in [2.75, 3.05) is 39.0 Å². The number of rotatable bonds is 5. The van der Waals surface area contributed by atoms with Crippen molar-refractivity contribution >= 4 is 17.7 Å². The molecule has 1 amide bonds. The highest BCUT2D eigenvalue weighted by atomic mass is 32.2. The molecule has 162 valence electrons. The Morgan fingerprint density at radius 2 is 1.75 bits per heavy atom. The summed E-state index contributed by atoms with van der Waals surface area (Å²) < 4.78 is 13.4. The summed E-state index contributed by atoms with van der Waals surface area (Å²) in [7, 11) is 2.05. The minimum absolute atomic E-state index is 0.0437. The number of halogens is 1. The Bertz CT molecular complexity index is 1140. The zero-order valence-corrected chi connectivity index (χ0v) is 18.6. The molecule has 4 rings (SSSR count). The topological polar surface area (TPSA) is 60.2 Å². The van der Waals surface area contributed by atoms with E-state index in [2.05, 4.69) is 11.0 Å². The molecular weight excluding hydrogens is 423 g/mol. The molecule has 0 atom stereocenters. The molecule has 32 heavy (non-hydrogen) atoms. The highest BCUT2D eigenvalue weighted by Crippen LogP contribution is 2.34. The molecular formula is C25H23FN4OS. The van der Waals surface area contributed by atoms with Crippen LogP contribution in [0.5, 0.6) is 0 Å². The molecule has 1 aliphatic rings. The molecule has 0 N–H and O–H groups in total. The van der Waals surface area contributed by atoms with E-state index in [1.807, 2.05) is 48.3 Å². The van der Waals surface area contributed by atoms with Crippen LogP contribution in [0.25, 0.3) is 22.4 Å². The molecule has 0 bridgehead atoms. The van der Waals surface area contributed by atoms with E-state index in [4.69, 9.17) is 4.98 Å². The molecule has 0 unspecified atom stereocenters. The number of carbonyl (C=O) groups excluding carboxylic acids is 1. The summed E-state index contributed by atoms with van der Waals surface area (Å²) in [6.07, 6.45) is 0. The monoisotopic (exact) mass is 446 g/mol. The quantitative estimate of drug-likeness (QED) is 0.547. The van der Waals surface area contributed by atoms with Crippen molar-refractivity contribution in [3.63, 3.8) is 0 Å². The van der Waals surface area contributed by atoms with Crippen LogP contribution < -0.4 is 0 Å². The lowest BCUT2D eigenvalue weighted by Crippen LogP contribution is -2.47. The van der Waals surface area contributed by atoms with Crippen LogP contribution in [0.15, 0.2) is 65.7 Å². The number of thioether (sulfide) groups is 1. The number of piperazine rings is 1. The zero-order valence-electron chi connectivity index (χ0n) is 17.8. The third-order valence-electron chi connectivity index (χ3n) is 5.51. The normalized spacial score (nSPS) is 14.2. The Hall–Kier alpha value is -3.21. The third-order valence-corrected chi connectivity index (χ3v) is 6.47. The van der Waals surface area contributed by atoms with Gasteiger partial charge in [0, 0.05) is 37.3 Å². The van der Waals surface area contributed by atoms with E-state index in [0.29, 0.717) is 29.4 Å². The maximum absolute atomic E-state index is 13.4. The second-order valence-electron chi connectivity index (χ2n) is 7.69. The fourth-order valence-electron chi connectivity index (χ4n) is 3.63. The van der Waals surface area contributed by atoms with Gasteiger partial charge in [-0.3, -0.25) is 4.79 Å². The number of benzene rings is 2. The zero-order chi connectivity index (χ0) is 22.5. The van der Waals surface area contributed by atoms with Crippen molar-refractivity contribution in [1.29, 1.82) is 5.26 Å². The first-order chi connectivity index (χ1) is 15.5. The number of pyridine rings is 1. The highest BCUT2D eigenvalue weighted by Gasteiger charge is 2.21. The SMILES string of the molecule is CN1CCN(C(=O)CSc2nc(-c3ccc(F)cc3)cc(-c3ccccc3)c2C#N)CC1. The summed E-state index contributed by atoms with van der Waals surface area (Å²) >= 11 is 1.28. The predicted octanol–water partition coefficient (Wildman–Crippen LogP) is 4.29. The fourth-order valence-corrected chi connectivity index (χ4v) is 4.53. The first-order valence-electron chi connectivity index (χ1n) is 10.4. The number of hydrogen-bond donors (Lipinski definition) is 0. The fraction of sp³-hybridized carbons (Fsp3) is 0.240. The van der Waals surface area contributed by atoms with E-state index in [-0.39, 0.29) is 17.5 Å².